The lowest BCUT2D eigenvalue weighted by Crippen LogP contribution is -2.10. The first-order valence-corrected chi connectivity index (χ1v) is 9.85. The molecule has 29 heavy (non-hydrogen) atoms. The molecular weight excluding hydrogens is 400 g/mol. The van der Waals surface area contributed by atoms with Gasteiger partial charge in [-0.05, 0) is 20.3 Å². The van der Waals surface area contributed by atoms with E-state index in [2.05, 4.69) is 4.18 Å². The Balaban J connectivity index is 2.41. The molecule has 3 N–H and O–H groups in total. The van der Waals surface area contributed by atoms with Crippen LogP contribution in [0.4, 0.5) is 0 Å². The highest BCUT2D eigenvalue weighted by molar-refractivity contribution is 7.81. The van der Waals surface area contributed by atoms with Crippen LogP contribution >= 0.6 is 0 Å². The van der Waals surface area contributed by atoms with Crippen molar-refractivity contribution in [3.8, 4) is 28.6 Å². The summed E-state index contributed by atoms with van der Waals surface area (Å²) >= 11 is 0. The third-order valence-electron chi connectivity index (χ3n) is 4.14. The van der Waals surface area contributed by atoms with E-state index in [0.29, 0.717) is 5.56 Å². The largest absolute Gasteiger partial charge is 0.507 e. The first kappa shape index (κ1) is 20.4. The normalized spacial score (nSPS) is 11.4. The van der Waals surface area contributed by atoms with Gasteiger partial charge in [-0.2, -0.15) is 8.42 Å². The molecular formula is C20H18O8S. The molecule has 0 unspecified atom stereocenters. The van der Waals surface area contributed by atoms with E-state index >= 15 is 0 Å². The van der Waals surface area contributed by atoms with Crippen LogP contribution in [0.1, 0.15) is 19.4 Å². The molecule has 152 valence electrons. The van der Waals surface area contributed by atoms with Crippen molar-refractivity contribution in [1.82, 2.24) is 0 Å². The third-order valence-corrected chi connectivity index (χ3v) is 4.52. The summed E-state index contributed by atoms with van der Waals surface area (Å²) < 4.78 is 41.9. The first-order valence-electron chi connectivity index (χ1n) is 8.48. The van der Waals surface area contributed by atoms with E-state index in [1.54, 1.807) is 50.3 Å². The molecule has 0 fully saturated rings. The van der Waals surface area contributed by atoms with Crippen molar-refractivity contribution in [3.05, 3.63) is 63.8 Å². The number of allylic oxidation sites excluding steroid dienone is 2. The molecule has 0 aliphatic carbocycles. The summed E-state index contributed by atoms with van der Waals surface area (Å²) in [7, 11) is -5.06. The van der Waals surface area contributed by atoms with Crippen LogP contribution in [-0.4, -0.2) is 23.2 Å². The van der Waals surface area contributed by atoms with Gasteiger partial charge < -0.3 is 18.8 Å². The van der Waals surface area contributed by atoms with Crippen molar-refractivity contribution in [3.63, 3.8) is 0 Å². The summed E-state index contributed by atoms with van der Waals surface area (Å²) in [5.74, 6) is -2.06. The standard InChI is InChI=1S/C20H18O8S/c1-11(2)8-9-13-17(22)16-14(21)10-15(12-6-4-3-5-7-12)27-19(16)20(18(13)23)28-29(24,25)26/h3-8,10,22-23H,9H2,1-2H3,(H,24,25,26). The molecule has 8 nitrogen and oxygen atoms in total. The van der Waals surface area contributed by atoms with E-state index in [-0.39, 0.29) is 23.1 Å². The molecule has 0 saturated heterocycles. The van der Waals surface area contributed by atoms with E-state index in [4.69, 9.17) is 8.97 Å². The Kier molecular flexibility index (Phi) is 5.36. The number of fused-ring (bicyclic) bond motifs is 1. The average molecular weight is 418 g/mol. The van der Waals surface area contributed by atoms with Gasteiger partial charge in [0.15, 0.2) is 16.8 Å². The highest BCUT2D eigenvalue weighted by Gasteiger charge is 2.27. The van der Waals surface area contributed by atoms with Gasteiger partial charge in [0.1, 0.15) is 16.9 Å². The molecule has 0 aliphatic heterocycles. The quantitative estimate of drug-likeness (QED) is 0.423. The zero-order valence-electron chi connectivity index (χ0n) is 15.5. The van der Waals surface area contributed by atoms with Gasteiger partial charge in [-0.3, -0.25) is 9.35 Å². The predicted molar refractivity (Wildman–Crippen MR) is 107 cm³/mol. The number of hydrogen-bond acceptors (Lipinski definition) is 7. The maximum absolute atomic E-state index is 12.7. The van der Waals surface area contributed by atoms with E-state index in [9.17, 15) is 23.4 Å². The van der Waals surface area contributed by atoms with Crippen LogP contribution in [0.3, 0.4) is 0 Å². The number of rotatable bonds is 5. The zero-order valence-corrected chi connectivity index (χ0v) is 16.4. The zero-order chi connectivity index (χ0) is 21.3. The molecule has 1 heterocycles. The van der Waals surface area contributed by atoms with Crippen molar-refractivity contribution in [2.24, 2.45) is 0 Å². The summed E-state index contributed by atoms with van der Waals surface area (Å²) in [6.45, 7) is 3.57. The van der Waals surface area contributed by atoms with Gasteiger partial charge in [0.2, 0.25) is 5.75 Å². The summed E-state index contributed by atoms with van der Waals surface area (Å²) in [5, 5.41) is 20.8. The second kappa shape index (κ2) is 7.61. The summed E-state index contributed by atoms with van der Waals surface area (Å²) in [5.41, 5.74) is 0.0211. The molecule has 0 radical (unpaired) electrons. The topological polar surface area (TPSA) is 134 Å². The van der Waals surface area contributed by atoms with Gasteiger partial charge in [-0.15, -0.1) is 0 Å². The molecule has 0 atom stereocenters. The molecule has 1 aromatic heterocycles. The minimum absolute atomic E-state index is 0.0162. The molecule has 0 saturated carbocycles. The fraction of sp³-hybridized carbons (Fsp3) is 0.150. The number of benzene rings is 2. The fourth-order valence-corrected chi connectivity index (χ4v) is 3.18. The van der Waals surface area contributed by atoms with Crippen LogP contribution in [0.25, 0.3) is 22.3 Å². The molecule has 2 aromatic carbocycles. The van der Waals surface area contributed by atoms with Gasteiger partial charge in [0.05, 0.1) is 0 Å². The molecule has 3 aromatic rings. The van der Waals surface area contributed by atoms with Crippen molar-refractivity contribution in [2.75, 3.05) is 0 Å². The molecule has 0 spiro atoms. The Morgan fingerprint density at radius 2 is 1.79 bits per heavy atom. The van der Waals surface area contributed by atoms with E-state index in [1.807, 2.05) is 0 Å². The molecule has 0 aliphatic rings. The van der Waals surface area contributed by atoms with Gasteiger partial charge in [-0.1, -0.05) is 42.0 Å². The lowest BCUT2D eigenvalue weighted by atomic mass is 10.0. The Labute approximate surface area is 166 Å². The SMILES string of the molecule is CC(C)=CCc1c(O)c(OS(=O)(=O)O)c2oc(-c3ccccc3)cc(=O)c2c1O. The molecule has 3 rings (SSSR count). The molecule has 0 amide bonds. The van der Waals surface area contributed by atoms with E-state index < -0.39 is 38.7 Å². The maximum Gasteiger partial charge on any atom is 0.446 e. The van der Waals surface area contributed by atoms with Gasteiger partial charge >= 0.3 is 10.4 Å². The van der Waals surface area contributed by atoms with Crippen molar-refractivity contribution >= 4 is 21.4 Å². The second-order valence-electron chi connectivity index (χ2n) is 6.55. The first-order chi connectivity index (χ1) is 13.6. The van der Waals surface area contributed by atoms with E-state index in [1.165, 1.54) is 0 Å². The Morgan fingerprint density at radius 1 is 1.14 bits per heavy atom. The number of hydrogen-bond donors (Lipinski definition) is 3. The number of phenolic OH excluding ortho intramolecular Hbond substituents is 2. The van der Waals surface area contributed by atoms with Crippen LogP contribution in [0.15, 0.2) is 57.3 Å². The van der Waals surface area contributed by atoms with Gasteiger partial charge in [-0.25, -0.2) is 0 Å². The van der Waals surface area contributed by atoms with Crippen molar-refractivity contribution in [1.29, 1.82) is 0 Å². The Hall–Kier alpha value is -3.30. The minimum Gasteiger partial charge on any atom is -0.507 e. The van der Waals surface area contributed by atoms with Crippen molar-refractivity contribution < 1.29 is 31.8 Å². The lowest BCUT2D eigenvalue weighted by Gasteiger charge is -2.14. The summed E-state index contributed by atoms with van der Waals surface area (Å²) in [4.78, 5) is 12.7. The molecule has 9 heteroatoms. The van der Waals surface area contributed by atoms with Crippen LogP contribution in [0, 0.1) is 0 Å². The average Bonchev–Trinajstić information content (AvgIpc) is 2.64. The van der Waals surface area contributed by atoms with Crippen LogP contribution in [0.2, 0.25) is 0 Å². The van der Waals surface area contributed by atoms with Crippen LogP contribution in [-0.2, 0) is 16.8 Å². The summed E-state index contributed by atoms with van der Waals surface area (Å²) in [6.07, 6.45) is 1.63. The third kappa shape index (κ3) is 4.25. The second-order valence-corrected chi connectivity index (χ2v) is 7.57. The molecule has 0 bridgehead atoms. The highest BCUT2D eigenvalue weighted by Crippen LogP contribution is 2.45. The van der Waals surface area contributed by atoms with E-state index in [0.717, 1.165) is 11.6 Å². The fourth-order valence-electron chi connectivity index (χ4n) is 2.81. The number of aromatic hydroxyl groups is 2. The van der Waals surface area contributed by atoms with Crippen LogP contribution < -0.4 is 9.61 Å². The smallest absolute Gasteiger partial charge is 0.446 e. The summed E-state index contributed by atoms with van der Waals surface area (Å²) in [6, 6.07) is 9.59. The number of phenols is 2. The monoisotopic (exact) mass is 418 g/mol. The Bertz CT molecular complexity index is 1270. The van der Waals surface area contributed by atoms with Gasteiger partial charge in [0.25, 0.3) is 0 Å². The Morgan fingerprint density at radius 3 is 2.38 bits per heavy atom. The van der Waals surface area contributed by atoms with Crippen molar-refractivity contribution in [2.45, 2.75) is 20.3 Å². The predicted octanol–water partition coefficient (Wildman–Crippen LogP) is 3.56. The minimum atomic E-state index is -5.06. The maximum atomic E-state index is 12.7. The highest BCUT2D eigenvalue weighted by atomic mass is 32.3. The van der Waals surface area contributed by atoms with Gasteiger partial charge in [0, 0.05) is 17.2 Å². The van der Waals surface area contributed by atoms with Crippen LogP contribution in [0.5, 0.6) is 17.2 Å². The lowest BCUT2D eigenvalue weighted by molar-refractivity contribution is 0.365.